The molecule has 3 aromatic rings. The molecule has 0 aliphatic heterocycles. The van der Waals surface area contributed by atoms with Crippen molar-refractivity contribution in [3.8, 4) is 11.5 Å². The summed E-state index contributed by atoms with van der Waals surface area (Å²) in [5.74, 6) is 1.83. The van der Waals surface area contributed by atoms with Gasteiger partial charge in [-0.15, -0.1) is 0 Å². The van der Waals surface area contributed by atoms with E-state index in [0.717, 1.165) is 22.1 Å². The number of aryl methyl sites for hydroxylation is 1. The van der Waals surface area contributed by atoms with Gasteiger partial charge in [0, 0.05) is 24.5 Å². The number of hydrogen-bond donors (Lipinski definition) is 0. The summed E-state index contributed by atoms with van der Waals surface area (Å²) in [6.07, 6.45) is 0. The van der Waals surface area contributed by atoms with Crippen molar-refractivity contribution >= 4 is 11.0 Å². The van der Waals surface area contributed by atoms with Gasteiger partial charge in [0.15, 0.2) is 11.5 Å². The minimum absolute atomic E-state index is 0.316. The Morgan fingerprint density at radius 2 is 1.72 bits per heavy atom. The highest BCUT2D eigenvalue weighted by Crippen LogP contribution is 2.29. The van der Waals surface area contributed by atoms with Crippen LogP contribution in [0.2, 0.25) is 0 Å². The van der Waals surface area contributed by atoms with Crippen molar-refractivity contribution in [2.75, 3.05) is 21.3 Å². The zero-order valence-electron chi connectivity index (χ0n) is 18.0. The molecule has 1 heterocycles. The van der Waals surface area contributed by atoms with Crippen LogP contribution >= 0.6 is 0 Å². The zero-order valence-corrected chi connectivity index (χ0v) is 18.0. The van der Waals surface area contributed by atoms with E-state index in [1.807, 2.05) is 31.3 Å². The van der Waals surface area contributed by atoms with Gasteiger partial charge in [-0.05, 0) is 66.4 Å². The highest BCUT2D eigenvalue weighted by atomic mass is 16.5. The van der Waals surface area contributed by atoms with E-state index < -0.39 is 0 Å². The predicted octanol–water partition coefficient (Wildman–Crippen LogP) is 4.87. The van der Waals surface area contributed by atoms with Crippen molar-refractivity contribution in [1.82, 2.24) is 4.90 Å². The Bertz CT molecular complexity index is 1070. The molecule has 0 radical (unpaired) electrons. The van der Waals surface area contributed by atoms with Gasteiger partial charge >= 0.3 is 5.63 Å². The van der Waals surface area contributed by atoms with E-state index in [1.165, 1.54) is 5.56 Å². The second-order valence-corrected chi connectivity index (χ2v) is 7.81. The summed E-state index contributed by atoms with van der Waals surface area (Å²) < 4.78 is 16.2. The third-order valence-corrected chi connectivity index (χ3v) is 5.18. The van der Waals surface area contributed by atoms with E-state index in [9.17, 15) is 4.79 Å². The molecule has 1 aromatic heterocycles. The number of benzene rings is 2. The summed E-state index contributed by atoms with van der Waals surface area (Å²) in [6.45, 7) is 7.76. The minimum Gasteiger partial charge on any atom is -0.493 e. The monoisotopic (exact) mass is 395 g/mol. The van der Waals surface area contributed by atoms with Crippen molar-refractivity contribution in [2.24, 2.45) is 0 Å². The standard InChI is InChI=1S/C24H29NO4/c1-15(2)19-12-20-18(11-24(26)29-22(20)9-16(19)3)14-25(4)13-17-7-8-21(27-5)23(10-17)28-6/h7-12,15H,13-14H2,1-6H3. The summed E-state index contributed by atoms with van der Waals surface area (Å²) in [5.41, 5.74) is 4.83. The summed E-state index contributed by atoms with van der Waals surface area (Å²) >= 11 is 0. The van der Waals surface area contributed by atoms with Crippen LogP contribution in [0.15, 0.2) is 45.6 Å². The van der Waals surface area contributed by atoms with Gasteiger partial charge in [0.05, 0.1) is 14.2 Å². The van der Waals surface area contributed by atoms with Crippen LogP contribution in [0.3, 0.4) is 0 Å². The lowest BCUT2D eigenvalue weighted by atomic mass is 9.95. The van der Waals surface area contributed by atoms with Gasteiger partial charge in [-0.1, -0.05) is 19.9 Å². The van der Waals surface area contributed by atoms with Crippen molar-refractivity contribution in [2.45, 2.75) is 39.8 Å². The molecule has 29 heavy (non-hydrogen) atoms. The summed E-state index contributed by atoms with van der Waals surface area (Å²) in [5, 5.41) is 0.998. The highest BCUT2D eigenvalue weighted by molar-refractivity contribution is 5.82. The second-order valence-electron chi connectivity index (χ2n) is 7.81. The fraction of sp³-hybridized carbons (Fsp3) is 0.375. The van der Waals surface area contributed by atoms with Crippen LogP contribution in [0, 0.1) is 6.92 Å². The Labute approximate surface area is 171 Å². The quantitative estimate of drug-likeness (QED) is 0.534. The van der Waals surface area contributed by atoms with Gasteiger partial charge in [0.1, 0.15) is 5.58 Å². The topological polar surface area (TPSA) is 51.9 Å². The van der Waals surface area contributed by atoms with Crippen LogP contribution < -0.4 is 15.1 Å². The number of hydrogen-bond acceptors (Lipinski definition) is 5. The Balaban J connectivity index is 1.91. The van der Waals surface area contributed by atoms with Gasteiger partial charge in [-0.2, -0.15) is 0 Å². The van der Waals surface area contributed by atoms with Gasteiger partial charge in [-0.3, -0.25) is 4.90 Å². The van der Waals surface area contributed by atoms with E-state index in [1.54, 1.807) is 20.3 Å². The number of rotatable bonds is 7. The molecule has 5 nitrogen and oxygen atoms in total. The molecule has 0 bridgehead atoms. The number of nitrogens with zero attached hydrogens (tertiary/aromatic N) is 1. The average molecular weight is 395 g/mol. The summed E-state index contributed by atoms with van der Waals surface area (Å²) in [6, 6.07) is 11.7. The molecular weight excluding hydrogens is 366 g/mol. The smallest absolute Gasteiger partial charge is 0.336 e. The third-order valence-electron chi connectivity index (χ3n) is 5.18. The van der Waals surface area contributed by atoms with Crippen molar-refractivity contribution in [3.05, 3.63) is 69.1 Å². The summed E-state index contributed by atoms with van der Waals surface area (Å²) in [4.78, 5) is 14.3. The molecule has 0 N–H and O–H groups in total. The molecule has 0 fully saturated rings. The predicted molar refractivity (Wildman–Crippen MR) is 116 cm³/mol. The molecular formula is C24H29NO4. The van der Waals surface area contributed by atoms with E-state index in [2.05, 4.69) is 31.7 Å². The number of fused-ring (bicyclic) bond motifs is 1. The summed E-state index contributed by atoms with van der Waals surface area (Å²) in [7, 11) is 5.30. The van der Waals surface area contributed by atoms with Gasteiger partial charge in [0.25, 0.3) is 0 Å². The molecule has 5 heteroatoms. The lowest BCUT2D eigenvalue weighted by Crippen LogP contribution is -2.18. The van der Waals surface area contributed by atoms with E-state index in [4.69, 9.17) is 13.9 Å². The molecule has 0 saturated heterocycles. The van der Waals surface area contributed by atoms with Crippen molar-refractivity contribution in [1.29, 1.82) is 0 Å². The fourth-order valence-electron chi connectivity index (χ4n) is 3.78. The van der Waals surface area contributed by atoms with Gasteiger partial charge in [0.2, 0.25) is 0 Å². The lowest BCUT2D eigenvalue weighted by Gasteiger charge is -2.19. The Morgan fingerprint density at radius 1 is 1.00 bits per heavy atom. The van der Waals surface area contributed by atoms with E-state index in [-0.39, 0.29) is 5.63 Å². The van der Waals surface area contributed by atoms with Crippen LogP contribution in [0.25, 0.3) is 11.0 Å². The molecule has 0 atom stereocenters. The molecule has 2 aromatic carbocycles. The maximum atomic E-state index is 12.1. The Morgan fingerprint density at radius 3 is 2.38 bits per heavy atom. The normalized spacial score (nSPS) is 11.4. The Kier molecular flexibility index (Phi) is 6.28. The molecule has 3 rings (SSSR count). The molecule has 0 unspecified atom stereocenters. The number of methoxy groups -OCH3 is 2. The second kappa shape index (κ2) is 8.70. The first-order chi connectivity index (χ1) is 13.8. The molecule has 0 aliphatic rings. The largest absolute Gasteiger partial charge is 0.493 e. The Hall–Kier alpha value is -2.79. The first-order valence-electron chi connectivity index (χ1n) is 9.79. The van der Waals surface area contributed by atoms with Crippen LogP contribution in [0.4, 0.5) is 0 Å². The third kappa shape index (κ3) is 4.62. The SMILES string of the molecule is COc1ccc(CN(C)Cc2cc(=O)oc3cc(C)c(C(C)C)cc23)cc1OC. The maximum Gasteiger partial charge on any atom is 0.336 e. The van der Waals surface area contributed by atoms with Gasteiger partial charge in [-0.25, -0.2) is 4.79 Å². The first-order valence-corrected chi connectivity index (χ1v) is 9.79. The molecule has 0 aliphatic carbocycles. The molecule has 0 saturated carbocycles. The van der Waals surface area contributed by atoms with Crippen molar-refractivity contribution < 1.29 is 13.9 Å². The highest BCUT2D eigenvalue weighted by Gasteiger charge is 2.13. The lowest BCUT2D eigenvalue weighted by molar-refractivity contribution is 0.316. The van der Waals surface area contributed by atoms with Crippen molar-refractivity contribution in [3.63, 3.8) is 0 Å². The zero-order chi connectivity index (χ0) is 21.1. The minimum atomic E-state index is -0.316. The number of ether oxygens (including phenoxy) is 2. The molecule has 0 amide bonds. The van der Waals surface area contributed by atoms with E-state index >= 15 is 0 Å². The molecule has 0 spiro atoms. The molecule has 154 valence electrons. The first kappa shape index (κ1) is 20.9. The fourth-order valence-corrected chi connectivity index (χ4v) is 3.78. The van der Waals surface area contributed by atoms with E-state index in [0.29, 0.717) is 36.1 Å². The maximum absolute atomic E-state index is 12.1. The van der Waals surface area contributed by atoms with Crippen LogP contribution in [-0.4, -0.2) is 26.2 Å². The van der Waals surface area contributed by atoms with Crippen LogP contribution in [-0.2, 0) is 13.1 Å². The average Bonchev–Trinajstić information content (AvgIpc) is 2.66. The van der Waals surface area contributed by atoms with Crippen LogP contribution in [0.1, 0.15) is 42.0 Å². The van der Waals surface area contributed by atoms with Gasteiger partial charge < -0.3 is 13.9 Å². The van der Waals surface area contributed by atoms with Crippen LogP contribution in [0.5, 0.6) is 11.5 Å².